The monoisotopic (exact) mass is 241 g/mol. The molecule has 0 N–H and O–H groups in total. The average molecular weight is 242 g/mol. The van der Waals surface area contributed by atoms with E-state index < -0.39 is 0 Å². The van der Waals surface area contributed by atoms with Crippen LogP contribution in [0.5, 0.6) is 0 Å². The van der Waals surface area contributed by atoms with Gasteiger partial charge in [0.25, 0.3) is 0 Å². The van der Waals surface area contributed by atoms with Crippen molar-refractivity contribution in [3.8, 4) is 0 Å². The molecular weight excluding hydrogens is 222 g/mol. The van der Waals surface area contributed by atoms with E-state index in [1.165, 1.54) is 0 Å². The second kappa shape index (κ2) is 6.74. The van der Waals surface area contributed by atoms with Crippen molar-refractivity contribution < 1.29 is 4.79 Å². The highest BCUT2D eigenvalue weighted by Gasteiger charge is 2.09. The van der Waals surface area contributed by atoms with Crippen LogP contribution in [0.2, 0.25) is 0 Å². The minimum Gasteiger partial charge on any atom is -0.351 e. The molecular formula is C13H20ClNO. The molecule has 1 aromatic heterocycles. The molecule has 0 amide bonds. The highest BCUT2D eigenvalue weighted by atomic mass is 35.5. The first kappa shape index (κ1) is 13.3. The standard InChI is InChI=1S/C13H20ClNO/c1-3-5-13(16)12-7-9-15(10-12)11(2)6-4-8-14/h7,9-11H,3-6,8H2,1-2H3/t11-/m1/s1. The van der Waals surface area contributed by atoms with Gasteiger partial charge in [0.15, 0.2) is 5.78 Å². The second-order valence-electron chi connectivity index (χ2n) is 4.20. The van der Waals surface area contributed by atoms with Crippen molar-refractivity contribution in [3.63, 3.8) is 0 Å². The lowest BCUT2D eigenvalue weighted by Gasteiger charge is -2.12. The Balaban J connectivity index is 2.59. The molecule has 0 aliphatic carbocycles. The Morgan fingerprint density at radius 3 is 2.94 bits per heavy atom. The van der Waals surface area contributed by atoms with Gasteiger partial charge in [-0.1, -0.05) is 6.92 Å². The molecule has 0 aliphatic rings. The number of hydrogen-bond donors (Lipinski definition) is 0. The molecule has 1 atom stereocenters. The van der Waals surface area contributed by atoms with E-state index >= 15 is 0 Å². The summed E-state index contributed by atoms with van der Waals surface area (Å²) in [6, 6.07) is 2.33. The molecule has 1 heterocycles. The summed E-state index contributed by atoms with van der Waals surface area (Å²) in [7, 11) is 0. The van der Waals surface area contributed by atoms with Crippen LogP contribution in [0.25, 0.3) is 0 Å². The lowest BCUT2D eigenvalue weighted by molar-refractivity contribution is 0.0981. The van der Waals surface area contributed by atoms with Crippen LogP contribution in [0.1, 0.15) is 55.9 Å². The fraction of sp³-hybridized carbons (Fsp3) is 0.615. The smallest absolute Gasteiger partial charge is 0.164 e. The molecule has 0 radical (unpaired) electrons. The molecule has 0 saturated carbocycles. The van der Waals surface area contributed by atoms with Crippen molar-refractivity contribution in [2.24, 2.45) is 0 Å². The summed E-state index contributed by atoms with van der Waals surface area (Å²) in [6.07, 6.45) is 7.56. The summed E-state index contributed by atoms with van der Waals surface area (Å²) in [4.78, 5) is 11.7. The predicted octanol–water partition coefficient (Wildman–Crippen LogP) is 4.05. The molecule has 0 spiro atoms. The van der Waals surface area contributed by atoms with Crippen LogP contribution in [-0.2, 0) is 0 Å². The minimum absolute atomic E-state index is 0.241. The zero-order valence-corrected chi connectivity index (χ0v) is 10.8. The SMILES string of the molecule is CCCC(=O)c1ccn([C@H](C)CCCCl)c1. The number of hydrogen-bond acceptors (Lipinski definition) is 1. The summed E-state index contributed by atoms with van der Waals surface area (Å²) in [5.41, 5.74) is 0.833. The normalized spacial score (nSPS) is 12.7. The molecule has 90 valence electrons. The molecule has 2 nitrogen and oxygen atoms in total. The molecule has 0 bridgehead atoms. The number of halogens is 1. The van der Waals surface area contributed by atoms with Crippen LogP contribution in [0.4, 0.5) is 0 Å². The third-order valence-corrected chi connectivity index (χ3v) is 3.05. The Labute approximate surface area is 103 Å². The maximum atomic E-state index is 11.7. The molecule has 0 aromatic carbocycles. The maximum absolute atomic E-state index is 11.7. The molecule has 1 rings (SSSR count). The van der Waals surface area contributed by atoms with Crippen molar-refractivity contribution >= 4 is 17.4 Å². The second-order valence-corrected chi connectivity index (χ2v) is 4.58. The molecule has 0 aliphatic heterocycles. The summed E-state index contributed by atoms with van der Waals surface area (Å²) in [5, 5.41) is 0. The van der Waals surface area contributed by atoms with Gasteiger partial charge in [-0.2, -0.15) is 0 Å². The Morgan fingerprint density at radius 2 is 2.31 bits per heavy atom. The fourth-order valence-corrected chi connectivity index (χ4v) is 1.90. The lowest BCUT2D eigenvalue weighted by Crippen LogP contribution is -2.03. The van der Waals surface area contributed by atoms with Crippen LogP contribution in [-0.4, -0.2) is 16.2 Å². The molecule has 0 fully saturated rings. The number of nitrogens with zero attached hydrogens (tertiary/aromatic N) is 1. The van der Waals surface area contributed by atoms with Crippen LogP contribution >= 0.6 is 11.6 Å². The Morgan fingerprint density at radius 1 is 1.56 bits per heavy atom. The van der Waals surface area contributed by atoms with Crippen LogP contribution < -0.4 is 0 Å². The predicted molar refractivity (Wildman–Crippen MR) is 68.3 cm³/mol. The molecule has 3 heteroatoms. The van der Waals surface area contributed by atoms with E-state index in [0.717, 1.165) is 24.8 Å². The van der Waals surface area contributed by atoms with Crippen molar-refractivity contribution in [1.29, 1.82) is 0 Å². The summed E-state index contributed by atoms with van der Waals surface area (Å²) in [6.45, 7) is 4.18. The van der Waals surface area contributed by atoms with Crippen molar-refractivity contribution in [2.45, 2.75) is 45.6 Å². The van der Waals surface area contributed by atoms with Gasteiger partial charge in [-0.25, -0.2) is 0 Å². The van der Waals surface area contributed by atoms with E-state index in [0.29, 0.717) is 18.3 Å². The first-order valence-corrected chi connectivity index (χ1v) is 6.49. The number of carbonyl (C=O) groups is 1. The Bertz CT molecular complexity index is 332. The van der Waals surface area contributed by atoms with Gasteiger partial charge in [-0.3, -0.25) is 4.79 Å². The number of carbonyl (C=O) groups excluding carboxylic acids is 1. The minimum atomic E-state index is 0.241. The number of alkyl halides is 1. The third-order valence-electron chi connectivity index (χ3n) is 2.78. The van der Waals surface area contributed by atoms with Gasteiger partial charge in [0.1, 0.15) is 0 Å². The van der Waals surface area contributed by atoms with Gasteiger partial charge >= 0.3 is 0 Å². The number of Topliss-reactive ketones (excluding diaryl/α,β-unsaturated/α-hetero) is 1. The van der Waals surface area contributed by atoms with Gasteiger partial charge in [0.2, 0.25) is 0 Å². The largest absolute Gasteiger partial charge is 0.351 e. The molecule has 0 unspecified atom stereocenters. The van der Waals surface area contributed by atoms with Gasteiger partial charge in [-0.15, -0.1) is 11.6 Å². The lowest BCUT2D eigenvalue weighted by atomic mass is 10.1. The van der Waals surface area contributed by atoms with Gasteiger partial charge in [0.05, 0.1) is 0 Å². The summed E-state index contributed by atoms with van der Waals surface area (Å²) < 4.78 is 2.11. The van der Waals surface area contributed by atoms with E-state index in [2.05, 4.69) is 11.5 Å². The molecule has 1 aromatic rings. The molecule has 16 heavy (non-hydrogen) atoms. The number of rotatable bonds is 7. The molecule has 0 saturated heterocycles. The fourth-order valence-electron chi connectivity index (χ4n) is 1.75. The summed E-state index contributed by atoms with van der Waals surface area (Å²) in [5.74, 6) is 0.943. The number of ketones is 1. The first-order valence-electron chi connectivity index (χ1n) is 5.95. The zero-order valence-electron chi connectivity index (χ0n) is 10.1. The van der Waals surface area contributed by atoms with Crippen LogP contribution in [0.3, 0.4) is 0 Å². The first-order chi connectivity index (χ1) is 7.69. The highest BCUT2D eigenvalue weighted by molar-refractivity contribution is 6.17. The Kier molecular flexibility index (Phi) is 5.61. The maximum Gasteiger partial charge on any atom is 0.164 e. The summed E-state index contributed by atoms with van der Waals surface area (Å²) >= 11 is 5.67. The van der Waals surface area contributed by atoms with Crippen molar-refractivity contribution in [1.82, 2.24) is 4.57 Å². The van der Waals surface area contributed by atoms with E-state index in [9.17, 15) is 4.79 Å². The van der Waals surface area contributed by atoms with Crippen LogP contribution in [0, 0.1) is 0 Å². The van der Waals surface area contributed by atoms with E-state index in [1.54, 1.807) is 0 Å². The highest BCUT2D eigenvalue weighted by Crippen LogP contribution is 2.16. The van der Waals surface area contributed by atoms with Gasteiger partial charge < -0.3 is 4.57 Å². The van der Waals surface area contributed by atoms with Gasteiger partial charge in [-0.05, 0) is 32.3 Å². The Hall–Kier alpha value is -0.760. The zero-order chi connectivity index (χ0) is 12.0. The van der Waals surface area contributed by atoms with Crippen molar-refractivity contribution in [3.05, 3.63) is 24.0 Å². The van der Waals surface area contributed by atoms with E-state index in [1.807, 2.05) is 25.4 Å². The third kappa shape index (κ3) is 3.67. The number of aromatic nitrogens is 1. The topological polar surface area (TPSA) is 22.0 Å². The average Bonchev–Trinajstić information content (AvgIpc) is 2.75. The van der Waals surface area contributed by atoms with Crippen LogP contribution in [0.15, 0.2) is 18.5 Å². The quantitative estimate of drug-likeness (QED) is 0.521. The van der Waals surface area contributed by atoms with Crippen molar-refractivity contribution in [2.75, 3.05) is 5.88 Å². The van der Waals surface area contributed by atoms with E-state index in [-0.39, 0.29) is 5.78 Å². The van der Waals surface area contributed by atoms with Gasteiger partial charge in [0, 0.05) is 36.3 Å². The van der Waals surface area contributed by atoms with E-state index in [4.69, 9.17) is 11.6 Å².